The second kappa shape index (κ2) is 5.60. The van der Waals surface area contributed by atoms with Crippen molar-refractivity contribution in [3.63, 3.8) is 0 Å². The highest BCUT2D eigenvalue weighted by Gasteiger charge is 2.03. The van der Waals surface area contributed by atoms with Crippen LogP contribution >= 0.6 is 0 Å². The van der Waals surface area contributed by atoms with Gasteiger partial charge in [0.05, 0.1) is 7.11 Å². The molecule has 0 radical (unpaired) electrons. The first-order chi connectivity index (χ1) is 7.63. The van der Waals surface area contributed by atoms with Gasteiger partial charge in [0.15, 0.2) is 0 Å². The van der Waals surface area contributed by atoms with Gasteiger partial charge < -0.3 is 14.9 Å². The maximum Gasteiger partial charge on any atom is 0.371 e. The van der Waals surface area contributed by atoms with E-state index in [4.69, 9.17) is 10.2 Å². The van der Waals surface area contributed by atoms with Gasteiger partial charge in [-0.05, 0) is 23.8 Å². The maximum absolute atomic E-state index is 10.6. The Morgan fingerprint density at radius 2 is 1.94 bits per heavy atom. The number of hydrogen-bond acceptors (Lipinski definition) is 3. The van der Waals surface area contributed by atoms with Gasteiger partial charge in [-0.25, -0.2) is 4.79 Å². The quantitative estimate of drug-likeness (QED) is 0.463. The molecule has 4 heteroatoms. The summed E-state index contributed by atoms with van der Waals surface area (Å²) in [6.45, 7) is 0. The van der Waals surface area contributed by atoms with E-state index in [1.807, 2.05) is 0 Å². The normalized spacial score (nSPS) is 11.7. The number of aliphatic carboxylic acids is 1. The molecule has 0 spiro atoms. The first-order valence-electron chi connectivity index (χ1n) is 4.58. The summed E-state index contributed by atoms with van der Waals surface area (Å²) < 4.78 is 4.64. The van der Waals surface area contributed by atoms with Gasteiger partial charge in [-0.15, -0.1) is 0 Å². The number of ether oxygens (including phenoxy) is 1. The number of phenols is 1. The second-order valence-electron chi connectivity index (χ2n) is 2.99. The molecule has 0 saturated heterocycles. The summed E-state index contributed by atoms with van der Waals surface area (Å²) in [6.07, 6.45) is 4.63. The molecule has 2 N–H and O–H groups in total. The summed E-state index contributed by atoms with van der Waals surface area (Å²) in [4.78, 5) is 10.6. The minimum atomic E-state index is -1.11. The molecule has 0 aromatic heterocycles. The number of hydrogen-bond donors (Lipinski definition) is 2. The summed E-state index contributed by atoms with van der Waals surface area (Å²) in [7, 11) is 1.30. The van der Waals surface area contributed by atoms with Gasteiger partial charge in [-0.2, -0.15) is 0 Å². The molecule has 4 nitrogen and oxygen atoms in total. The van der Waals surface area contributed by atoms with E-state index in [0.717, 1.165) is 5.56 Å². The van der Waals surface area contributed by atoms with E-state index in [9.17, 15) is 4.79 Å². The fraction of sp³-hybridized carbons (Fsp3) is 0.0833. The molecule has 16 heavy (non-hydrogen) atoms. The Kier molecular flexibility index (Phi) is 4.15. The Labute approximate surface area is 93.1 Å². The molecule has 0 heterocycles. The lowest BCUT2D eigenvalue weighted by Gasteiger charge is -1.97. The van der Waals surface area contributed by atoms with E-state index in [-0.39, 0.29) is 11.5 Å². The summed E-state index contributed by atoms with van der Waals surface area (Å²) >= 11 is 0. The summed E-state index contributed by atoms with van der Waals surface area (Å²) in [5.74, 6) is -1.05. The summed E-state index contributed by atoms with van der Waals surface area (Å²) in [5.41, 5.74) is 0.856. The molecule has 0 aliphatic heterocycles. The van der Waals surface area contributed by atoms with E-state index in [2.05, 4.69) is 4.74 Å². The van der Waals surface area contributed by atoms with Crippen molar-refractivity contribution in [3.8, 4) is 5.75 Å². The van der Waals surface area contributed by atoms with E-state index < -0.39 is 5.97 Å². The molecule has 1 rings (SSSR count). The predicted molar refractivity (Wildman–Crippen MR) is 59.9 cm³/mol. The van der Waals surface area contributed by atoms with Gasteiger partial charge in [-0.1, -0.05) is 24.3 Å². The van der Waals surface area contributed by atoms with Crippen molar-refractivity contribution >= 4 is 12.0 Å². The lowest BCUT2D eigenvalue weighted by molar-refractivity contribution is -0.136. The van der Waals surface area contributed by atoms with Gasteiger partial charge in [0, 0.05) is 0 Å². The van der Waals surface area contributed by atoms with Crippen molar-refractivity contribution in [2.45, 2.75) is 0 Å². The number of allylic oxidation sites excluding steroid dienone is 2. The number of methoxy groups -OCH3 is 1. The highest BCUT2D eigenvalue weighted by Crippen LogP contribution is 2.10. The summed E-state index contributed by atoms with van der Waals surface area (Å²) in [6, 6.07) is 6.54. The van der Waals surface area contributed by atoms with Crippen molar-refractivity contribution in [2.75, 3.05) is 7.11 Å². The molecule has 1 aromatic rings. The van der Waals surface area contributed by atoms with Gasteiger partial charge >= 0.3 is 5.97 Å². The monoisotopic (exact) mass is 220 g/mol. The Hall–Kier alpha value is -2.23. The van der Waals surface area contributed by atoms with Crippen molar-refractivity contribution < 1.29 is 19.7 Å². The average molecular weight is 220 g/mol. The van der Waals surface area contributed by atoms with Crippen LogP contribution in [0, 0.1) is 0 Å². The van der Waals surface area contributed by atoms with Crippen LogP contribution in [-0.4, -0.2) is 23.3 Å². The Bertz CT molecular complexity index is 415. The Morgan fingerprint density at radius 3 is 2.44 bits per heavy atom. The number of aromatic hydroxyl groups is 1. The molecular weight excluding hydrogens is 208 g/mol. The van der Waals surface area contributed by atoms with Crippen molar-refractivity contribution in [1.29, 1.82) is 0 Å². The third-order valence-corrected chi connectivity index (χ3v) is 1.86. The minimum absolute atomic E-state index is 0.130. The van der Waals surface area contributed by atoms with E-state index in [1.165, 1.54) is 13.2 Å². The molecule has 0 aliphatic rings. The first-order valence-corrected chi connectivity index (χ1v) is 4.58. The van der Waals surface area contributed by atoms with E-state index in [0.29, 0.717) is 0 Å². The zero-order chi connectivity index (χ0) is 12.0. The van der Waals surface area contributed by atoms with Crippen LogP contribution in [0.2, 0.25) is 0 Å². The number of carboxylic acid groups (broad SMARTS) is 1. The second-order valence-corrected chi connectivity index (χ2v) is 2.99. The fourth-order valence-electron chi connectivity index (χ4n) is 1.06. The molecule has 1 aromatic carbocycles. The third kappa shape index (κ3) is 3.49. The highest BCUT2D eigenvalue weighted by molar-refractivity contribution is 5.84. The molecular formula is C12H12O4. The lowest BCUT2D eigenvalue weighted by atomic mass is 10.2. The van der Waals surface area contributed by atoms with Crippen LogP contribution < -0.4 is 0 Å². The van der Waals surface area contributed by atoms with Crippen LogP contribution in [-0.2, 0) is 9.53 Å². The Balaban J connectivity index is 2.74. The molecule has 0 fully saturated rings. The van der Waals surface area contributed by atoms with Gasteiger partial charge in [0.1, 0.15) is 5.75 Å². The predicted octanol–water partition coefficient (Wildman–Crippen LogP) is 2.02. The SMILES string of the molecule is CO/C(=C\C=C\c1ccc(O)cc1)C(=O)O. The van der Waals surface area contributed by atoms with Crippen molar-refractivity contribution in [2.24, 2.45) is 0 Å². The molecule has 0 amide bonds. The Morgan fingerprint density at radius 1 is 1.31 bits per heavy atom. The number of carboxylic acids is 1. The zero-order valence-corrected chi connectivity index (χ0v) is 8.75. The average Bonchev–Trinajstić information content (AvgIpc) is 2.26. The van der Waals surface area contributed by atoms with E-state index >= 15 is 0 Å². The molecule has 0 atom stereocenters. The molecule has 0 bridgehead atoms. The largest absolute Gasteiger partial charge is 0.508 e. The zero-order valence-electron chi connectivity index (χ0n) is 8.75. The summed E-state index contributed by atoms with van der Waals surface area (Å²) in [5, 5.41) is 17.7. The van der Waals surface area contributed by atoms with Crippen molar-refractivity contribution in [3.05, 3.63) is 47.7 Å². The van der Waals surface area contributed by atoms with Crippen LogP contribution in [0.4, 0.5) is 0 Å². The third-order valence-electron chi connectivity index (χ3n) is 1.86. The molecule has 0 aliphatic carbocycles. The smallest absolute Gasteiger partial charge is 0.371 e. The van der Waals surface area contributed by atoms with Gasteiger partial charge in [-0.3, -0.25) is 0 Å². The van der Waals surface area contributed by atoms with Crippen LogP contribution in [0.3, 0.4) is 0 Å². The van der Waals surface area contributed by atoms with Crippen LogP contribution in [0.25, 0.3) is 6.08 Å². The van der Waals surface area contributed by atoms with Crippen LogP contribution in [0.15, 0.2) is 42.2 Å². The number of rotatable bonds is 4. The van der Waals surface area contributed by atoms with Gasteiger partial charge in [0.25, 0.3) is 0 Å². The fourth-order valence-corrected chi connectivity index (χ4v) is 1.06. The van der Waals surface area contributed by atoms with Crippen LogP contribution in [0.5, 0.6) is 5.75 Å². The number of phenolic OH excluding ortho intramolecular Hbond substituents is 1. The maximum atomic E-state index is 10.6. The highest BCUT2D eigenvalue weighted by atomic mass is 16.5. The van der Waals surface area contributed by atoms with E-state index in [1.54, 1.807) is 36.4 Å². The molecule has 0 unspecified atom stereocenters. The van der Waals surface area contributed by atoms with Crippen LogP contribution in [0.1, 0.15) is 5.56 Å². The minimum Gasteiger partial charge on any atom is -0.508 e. The van der Waals surface area contributed by atoms with Crippen molar-refractivity contribution in [1.82, 2.24) is 0 Å². The number of benzene rings is 1. The number of carbonyl (C=O) groups is 1. The lowest BCUT2D eigenvalue weighted by Crippen LogP contribution is -2.01. The molecule has 84 valence electrons. The van der Waals surface area contributed by atoms with Gasteiger partial charge in [0.2, 0.25) is 5.76 Å². The topological polar surface area (TPSA) is 66.8 Å². The first kappa shape index (κ1) is 11.8. The molecule has 0 saturated carbocycles. The standard InChI is InChI=1S/C12H12O4/c1-16-11(12(14)15)4-2-3-9-5-7-10(13)8-6-9/h2-8,13H,1H3,(H,14,15)/b3-2+,11-4-.